The van der Waals surface area contributed by atoms with Gasteiger partial charge in [-0.15, -0.1) is 0 Å². The van der Waals surface area contributed by atoms with Crippen LogP contribution in [0.1, 0.15) is 19.4 Å². The van der Waals surface area contributed by atoms with Crippen molar-refractivity contribution < 1.29 is 9.59 Å². The van der Waals surface area contributed by atoms with E-state index in [9.17, 15) is 9.59 Å². The van der Waals surface area contributed by atoms with E-state index in [1.807, 2.05) is 30.5 Å². The Kier molecular flexibility index (Phi) is 3.46. The summed E-state index contributed by atoms with van der Waals surface area (Å²) in [5, 5.41) is 3.77. The number of rotatable bonds is 4. The first-order chi connectivity index (χ1) is 8.58. The van der Waals surface area contributed by atoms with Crippen molar-refractivity contribution in [3.63, 3.8) is 0 Å². The molecule has 18 heavy (non-hydrogen) atoms. The van der Waals surface area contributed by atoms with Crippen LogP contribution >= 0.6 is 0 Å². The molecular formula is C14H16N2O2. The topological polar surface area (TPSA) is 62.0 Å². The summed E-state index contributed by atoms with van der Waals surface area (Å²) in [5.41, 5.74) is 2.08. The molecule has 0 radical (unpaired) electrons. The number of amides is 1. The zero-order valence-electron chi connectivity index (χ0n) is 10.5. The standard InChI is InChI=1S/C14H16N2O2/c1-9(17)14(16-10(2)18)7-11-8-15-13-6-4-3-5-12(11)13/h3-6,8,14-15H,7H2,1-2H3,(H,16,18)/t14-/m1/s1. The van der Waals surface area contributed by atoms with Gasteiger partial charge < -0.3 is 10.3 Å². The highest BCUT2D eigenvalue weighted by Gasteiger charge is 2.17. The van der Waals surface area contributed by atoms with Gasteiger partial charge in [-0.25, -0.2) is 0 Å². The maximum Gasteiger partial charge on any atom is 0.217 e. The lowest BCUT2D eigenvalue weighted by atomic mass is 10.0. The number of nitrogens with one attached hydrogen (secondary N) is 2. The summed E-state index contributed by atoms with van der Waals surface area (Å²) in [7, 11) is 0. The number of aromatic amines is 1. The van der Waals surface area contributed by atoms with Crippen molar-refractivity contribution in [3.8, 4) is 0 Å². The van der Waals surface area contributed by atoms with E-state index >= 15 is 0 Å². The van der Waals surface area contributed by atoms with Crippen LogP contribution in [0.4, 0.5) is 0 Å². The van der Waals surface area contributed by atoms with E-state index in [1.54, 1.807) is 0 Å². The average molecular weight is 244 g/mol. The lowest BCUT2D eigenvalue weighted by molar-refractivity contribution is -0.125. The number of carbonyl (C=O) groups is 2. The maximum atomic E-state index is 11.5. The van der Waals surface area contributed by atoms with Gasteiger partial charge in [-0.1, -0.05) is 18.2 Å². The fraction of sp³-hybridized carbons (Fsp3) is 0.286. The number of Topliss-reactive ketones (excluding diaryl/α,β-unsaturated/α-hetero) is 1. The van der Waals surface area contributed by atoms with Crippen molar-refractivity contribution in [1.82, 2.24) is 10.3 Å². The van der Waals surface area contributed by atoms with E-state index in [2.05, 4.69) is 10.3 Å². The molecule has 2 N–H and O–H groups in total. The minimum Gasteiger partial charge on any atom is -0.361 e. The summed E-state index contributed by atoms with van der Waals surface area (Å²) < 4.78 is 0. The summed E-state index contributed by atoms with van der Waals surface area (Å²) in [5.74, 6) is -0.217. The number of para-hydroxylation sites is 1. The fourth-order valence-corrected chi connectivity index (χ4v) is 2.06. The lowest BCUT2D eigenvalue weighted by Gasteiger charge is -2.14. The van der Waals surface area contributed by atoms with Crippen molar-refractivity contribution in [2.24, 2.45) is 0 Å². The zero-order valence-corrected chi connectivity index (χ0v) is 10.5. The minimum atomic E-state index is -0.457. The maximum absolute atomic E-state index is 11.5. The predicted molar refractivity (Wildman–Crippen MR) is 70.3 cm³/mol. The third kappa shape index (κ3) is 2.59. The molecule has 0 aliphatic rings. The molecule has 0 saturated carbocycles. The number of hydrogen-bond donors (Lipinski definition) is 2. The Hall–Kier alpha value is -2.10. The molecule has 0 aliphatic heterocycles. The monoisotopic (exact) mass is 244 g/mol. The van der Waals surface area contributed by atoms with Crippen molar-refractivity contribution in [3.05, 3.63) is 36.0 Å². The summed E-state index contributed by atoms with van der Waals surface area (Å²) in [6, 6.07) is 7.45. The first kappa shape index (κ1) is 12.4. The molecule has 0 unspecified atom stereocenters. The highest BCUT2D eigenvalue weighted by atomic mass is 16.2. The molecule has 1 heterocycles. The van der Waals surface area contributed by atoms with Gasteiger partial charge in [-0.2, -0.15) is 0 Å². The first-order valence-electron chi connectivity index (χ1n) is 5.90. The third-order valence-electron chi connectivity index (χ3n) is 2.97. The van der Waals surface area contributed by atoms with Gasteiger partial charge in [-0.3, -0.25) is 9.59 Å². The average Bonchev–Trinajstić information content (AvgIpc) is 2.71. The van der Waals surface area contributed by atoms with E-state index in [1.165, 1.54) is 13.8 Å². The van der Waals surface area contributed by atoms with E-state index in [4.69, 9.17) is 0 Å². The van der Waals surface area contributed by atoms with Gasteiger partial charge in [0.25, 0.3) is 0 Å². The van der Waals surface area contributed by atoms with Gasteiger partial charge in [0.1, 0.15) is 0 Å². The van der Waals surface area contributed by atoms with Gasteiger partial charge >= 0.3 is 0 Å². The second-order valence-corrected chi connectivity index (χ2v) is 4.43. The molecule has 0 fully saturated rings. The number of aromatic nitrogens is 1. The third-order valence-corrected chi connectivity index (χ3v) is 2.97. The smallest absolute Gasteiger partial charge is 0.217 e. The van der Waals surface area contributed by atoms with Gasteiger partial charge in [-0.05, 0) is 18.6 Å². The molecular weight excluding hydrogens is 228 g/mol. The van der Waals surface area contributed by atoms with Crippen LogP contribution in [0.5, 0.6) is 0 Å². The molecule has 0 aliphatic carbocycles. The Morgan fingerprint density at radius 2 is 2.00 bits per heavy atom. The summed E-state index contributed by atoms with van der Waals surface area (Å²) in [6.45, 7) is 2.92. The van der Waals surface area contributed by atoms with Crippen LogP contribution in [0.3, 0.4) is 0 Å². The quantitative estimate of drug-likeness (QED) is 0.861. The minimum absolute atomic E-state index is 0.0320. The van der Waals surface area contributed by atoms with Gasteiger partial charge in [0, 0.05) is 30.4 Å². The fourth-order valence-electron chi connectivity index (χ4n) is 2.06. The summed E-state index contributed by atoms with van der Waals surface area (Å²) >= 11 is 0. The second-order valence-electron chi connectivity index (χ2n) is 4.43. The molecule has 1 aromatic heterocycles. The van der Waals surface area contributed by atoms with E-state index < -0.39 is 6.04 Å². The Morgan fingerprint density at radius 1 is 1.28 bits per heavy atom. The molecule has 4 heteroatoms. The second kappa shape index (κ2) is 5.04. The van der Waals surface area contributed by atoms with E-state index in [-0.39, 0.29) is 11.7 Å². The number of H-pyrrole nitrogens is 1. The Balaban J connectivity index is 2.26. The summed E-state index contributed by atoms with van der Waals surface area (Å²) in [4.78, 5) is 25.8. The number of carbonyl (C=O) groups excluding carboxylic acids is 2. The SMILES string of the molecule is CC(=O)N[C@H](Cc1c[nH]c2ccccc12)C(C)=O. The number of benzene rings is 1. The van der Waals surface area contributed by atoms with E-state index in [0.717, 1.165) is 16.5 Å². The van der Waals surface area contributed by atoms with Crippen LogP contribution in [0.2, 0.25) is 0 Å². The Morgan fingerprint density at radius 3 is 2.67 bits per heavy atom. The molecule has 94 valence electrons. The van der Waals surface area contributed by atoms with Crippen LogP contribution in [-0.2, 0) is 16.0 Å². The molecule has 2 rings (SSSR count). The molecule has 0 spiro atoms. The van der Waals surface area contributed by atoms with Crippen LogP contribution in [-0.4, -0.2) is 22.7 Å². The molecule has 0 saturated heterocycles. The number of ketones is 1. The van der Waals surface area contributed by atoms with Crippen molar-refractivity contribution in [2.75, 3.05) is 0 Å². The van der Waals surface area contributed by atoms with Gasteiger partial charge in [0.15, 0.2) is 5.78 Å². The largest absolute Gasteiger partial charge is 0.361 e. The first-order valence-corrected chi connectivity index (χ1v) is 5.90. The van der Waals surface area contributed by atoms with Gasteiger partial charge in [0.05, 0.1) is 6.04 Å². The highest BCUT2D eigenvalue weighted by molar-refractivity contribution is 5.88. The molecule has 1 amide bonds. The van der Waals surface area contributed by atoms with Crippen molar-refractivity contribution >= 4 is 22.6 Å². The van der Waals surface area contributed by atoms with Crippen LogP contribution in [0.25, 0.3) is 10.9 Å². The Bertz CT molecular complexity index is 586. The molecule has 1 atom stereocenters. The zero-order chi connectivity index (χ0) is 13.1. The van der Waals surface area contributed by atoms with Crippen LogP contribution < -0.4 is 5.32 Å². The normalized spacial score (nSPS) is 12.3. The van der Waals surface area contributed by atoms with Crippen molar-refractivity contribution in [2.45, 2.75) is 26.3 Å². The summed E-state index contributed by atoms with van der Waals surface area (Å²) in [6.07, 6.45) is 2.40. The van der Waals surface area contributed by atoms with Crippen LogP contribution in [0.15, 0.2) is 30.5 Å². The Labute approximate surface area is 105 Å². The predicted octanol–water partition coefficient (Wildman–Crippen LogP) is 1.80. The highest BCUT2D eigenvalue weighted by Crippen LogP contribution is 2.19. The van der Waals surface area contributed by atoms with Gasteiger partial charge in [0.2, 0.25) is 5.91 Å². The molecule has 0 bridgehead atoms. The lowest BCUT2D eigenvalue weighted by Crippen LogP contribution is -2.40. The number of hydrogen-bond acceptors (Lipinski definition) is 2. The molecule has 2 aromatic rings. The van der Waals surface area contributed by atoms with Crippen LogP contribution in [0, 0.1) is 0 Å². The van der Waals surface area contributed by atoms with E-state index in [0.29, 0.717) is 6.42 Å². The van der Waals surface area contributed by atoms with Crippen molar-refractivity contribution in [1.29, 1.82) is 0 Å². The number of fused-ring (bicyclic) bond motifs is 1. The molecule has 4 nitrogen and oxygen atoms in total. The molecule has 1 aromatic carbocycles.